The van der Waals surface area contributed by atoms with E-state index in [9.17, 15) is 0 Å². The first-order valence-electron chi connectivity index (χ1n) is 6.43. The van der Waals surface area contributed by atoms with Crippen molar-refractivity contribution in [3.05, 3.63) is 34.3 Å². The highest BCUT2D eigenvalue weighted by Gasteiger charge is 2.19. The van der Waals surface area contributed by atoms with Crippen molar-refractivity contribution in [2.45, 2.75) is 46.7 Å². The molecule has 0 aliphatic carbocycles. The Morgan fingerprint density at radius 2 is 1.59 bits per heavy atom. The minimum atomic E-state index is 0.391. The zero-order chi connectivity index (χ0) is 13.0. The quantitative estimate of drug-likeness (QED) is 0.825. The fourth-order valence-electron chi connectivity index (χ4n) is 2.32. The fraction of sp³-hybridized carbons (Fsp3) is 0.600. The van der Waals surface area contributed by atoms with Crippen LogP contribution in [0.25, 0.3) is 0 Å². The standard InChI is InChI=1S/C15H24BrN/c1-10(2)15(11(3)4)17-12(5)13-7-6-8-14(16)9-13/h6-12,15,17H,1-5H3/t12-/m1/s1. The summed E-state index contributed by atoms with van der Waals surface area (Å²) in [5.74, 6) is 1.31. The lowest BCUT2D eigenvalue weighted by Crippen LogP contribution is -2.39. The van der Waals surface area contributed by atoms with Crippen LogP contribution >= 0.6 is 15.9 Å². The first-order valence-corrected chi connectivity index (χ1v) is 7.22. The Labute approximate surface area is 114 Å². The molecule has 0 fully saturated rings. The van der Waals surface area contributed by atoms with Crippen molar-refractivity contribution in [1.29, 1.82) is 0 Å². The summed E-state index contributed by atoms with van der Waals surface area (Å²) in [5, 5.41) is 3.74. The van der Waals surface area contributed by atoms with Crippen molar-refractivity contribution in [2.24, 2.45) is 11.8 Å². The third-order valence-corrected chi connectivity index (χ3v) is 3.72. The average Bonchev–Trinajstić information content (AvgIpc) is 2.24. The SMILES string of the molecule is CC(C)C(N[C@H](C)c1cccc(Br)c1)C(C)C. The zero-order valence-electron chi connectivity index (χ0n) is 11.5. The van der Waals surface area contributed by atoms with Gasteiger partial charge < -0.3 is 5.32 Å². The van der Waals surface area contributed by atoms with Crippen molar-refractivity contribution >= 4 is 15.9 Å². The van der Waals surface area contributed by atoms with Crippen LogP contribution in [-0.2, 0) is 0 Å². The van der Waals surface area contributed by atoms with Crippen LogP contribution in [0.3, 0.4) is 0 Å². The van der Waals surface area contributed by atoms with Crippen LogP contribution in [0.2, 0.25) is 0 Å². The van der Waals surface area contributed by atoms with Gasteiger partial charge in [-0.2, -0.15) is 0 Å². The maximum Gasteiger partial charge on any atom is 0.0294 e. The Kier molecular flexibility index (Phi) is 5.68. The lowest BCUT2D eigenvalue weighted by molar-refractivity contribution is 0.291. The van der Waals surface area contributed by atoms with Crippen molar-refractivity contribution in [2.75, 3.05) is 0 Å². The molecular weight excluding hydrogens is 274 g/mol. The second-order valence-corrected chi connectivity index (χ2v) is 6.37. The zero-order valence-corrected chi connectivity index (χ0v) is 13.1. The van der Waals surface area contributed by atoms with Gasteiger partial charge in [0, 0.05) is 16.6 Å². The molecule has 0 bridgehead atoms. The molecule has 1 atom stereocenters. The second-order valence-electron chi connectivity index (χ2n) is 5.46. The lowest BCUT2D eigenvalue weighted by atomic mass is 9.92. The summed E-state index contributed by atoms with van der Waals surface area (Å²) >= 11 is 3.53. The van der Waals surface area contributed by atoms with E-state index in [4.69, 9.17) is 0 Å². The van der Waals surface area contributed by atoms with E-state index in [0.717, 1.165) is 4.47 Å². The van der Waals surface area contributed by atoms with Gasteiger partial charge in [0.1, 0.15) is 0 Å². The highest BCUT2D eigenvalue weighted by Crippen LogP contribution is 2.21. The summed E-state index contributed by atoms with van der Waals surface area (Å²) in [7, 11) is 0. The van der Waals surface area contributed by atoms with Gasteiger partial charge in [-0.3, -0.25) is 0 Å². The molecule has 1 rings (SSSR count). The van der Waals surface area contributed by atoms with Gasteiger partial charge in [-0.15, -0.1) is 0 Å². The molecule has 0 heterocycles. The van der Waals surface area contributed by atoms with E-state index in [2.05, 4.69) is 80.1 Å². The van der Waals surface area contributed by atoms with Crippen LogP contribution in [0, 0.1) is 11.8 Å². The summed E-state index contributed by atoms with van der Waals surface area (Å²) < 4.78 is 1.15. The predicted molar refractivity (Wildman–Crippen MR) is 79.2 cm³/mol. The van der Waals surface area contributed by atoms with E-state index in [1.165, 1.54) is 5.56 Å². The Hall–Kier alpha value is -0.340. The van der Waals surface area contributed by atoms with Crippen LogP contribution in [0.4, 0.5) is 0 Å². The maximum absolute atomic E-state index is 3.74. The van der Waals surface area contributed by atoms with Crippen molar-refractivity contribution in [3.8, 4) is 0 Å². The van der Waals surface area contributed by atoms with Crippen LogP contribution in [0.1, 0.15) is 46.2 Å². The lowest BCUT2D eigenvalue weighted by Gasteiger charge is -2.30. The van der Waals surface area contributed by atoms with Crippen molar-refractivity contribution in [3.63, 3.8) is 0 Å². The van der Waals surface area contributed by atoms with Crippen molar-refractivity contribution in [1.82, 2.24) is 5.32 Å². The smallest absolute Gasteiger partial charge is 0.0294 e. The summed E-state index contributed by atoms with van der Waals surface area (Å²) in [6.45, 7) is 11.4. The number of hydrogen-bond acceptors (Lipinski definition) is 1. The number of nitrogens with one attached hydrogen (secondary N) is 1. The van der Waals surface area contributed by atoms with Crippen LogP contribution in [0.5, 0.6) is 0 Å². The molecule has 1 N–H and O–H groups in total. The van der Waals surface area contributed by atoms with Gasteiger partial charge in [-0.25, -0.2) is 0 Å². The molecule has 0 unspecified atom stereocenters. The predicted octanol–water partition coefficient (Wildman–Crippen LogP) is 4.78. The molecule has 2 heteroatoms. The Balaban J connectivity index is 2.73. The van der Waals surface area contributed by atoms with Gasteiger partial charge in [0.15, 0.2) is 0 Å². The molecule has 17 heavy (non-hydrogen) atoms. The van der Waals surface area contributed by atoms with Gasteiger partial charge in [0.05, 0.1) is 0 Å². The van der Waals surface area contributed by atoms with E-state index in [1.807, 2.05) is 0 Å². The van der Waals surface area contributed by atoms with Gasteiger partial charge in [-0.05, 0) is 36.5 Å². The van der Waals surface area contributed by atoms with Gasteiger partial charge in [-0.1, -0.05) is 55.8 Å². The average molecular weight is 298 g/mol. The number of hydrogen-bond donors (Lipinski definition) is 1. The molecule has 96 valence electrons. The highest BCUT2D eigenvalue weighted by molar-refractivity contribution is 9.10. The third kappa shape index (κ3) is 4.44. The first kappa shape index (κ1) is 14.7. The van der Waals surface area contributed by atoms with E-state index < -0.39 is 0 Å². The van der Waals surface area contributed by atoms with E-state index in [1.54, 1.807) is 0 Å². The number of benzene rings is 1. The van der Waals surface area contributed by atoms with Crippen LogP contribution < -0.4 is 5.32 Å². The first-order chi connectivity index (χ1) is 7.91. The summed E-state index contributed by atoms with van der Waals surface area (Å²) in [4.78, 5) is 0. The fourth-order valence-corrected chi connectivity index (χ4v) is 2.73. The summed E-state index contributed by atoms with van der Waals surface area (Å²) in [5.41, 5.74) is 1.34. The van der Waals surface area contributed by atoms with E-state index >= 15 is 0 Å². The monoisotopic (exact) mass is 297 g/mol. The van der Waals surface area contributed by atoms with Gasteiger partial charge >= 0.3 is 0 Å². The van der Waals surface area contributed by atoms with E-state index in [-0.39, 0.29) is 0 Å². The number of halogens is 1. The minimum Gasteiger partial charge on any atom is -0.307 e. The summed E-state index contributed by atoms with van der Waals surface area (Å²) in [6, 6.07) is 9.48. The summed E-state index contributed by atoms with van der Waals surface area (Å²) in [6.07, 6.45) is 0. The van der Waals surface area contributed by atoms with Crippen LogP contribution in [0.15, 0.2) is 28.7 Å². The molecular formula is C15H24BrN. The Morgan fingerprint density at radius 3 is 2.06 bits per heavy atom. The molecule has 0 aliphatic rings. The molecule has 0 aliphatic heterocycles. The van der Waals surface area contributed by atoms with E-state index in [0.29, 0.717) is 23.9 Å². The molecule has 1 aromatic carbocycles. The Morgan fingerprint density at radius 1 is 1.00 bits per heavy atom. The van der Waals surface area contributed by atoms with Gasteiger partial charge in [0.2, 0.25) is 0 Å². The normalized spacial score (nSPS) is 13.7. The van der Waals surface area contributed by atoms with Gasteiger partial charge in [0.25, 0.3) is 0 Å². The van der Waals surface area contributed by atoms with Crippen LogP contribution in [-0.4, -0.2) is 6.04 Å². The number of rotatable bonds is 5. The Bertz CT molecular complexity index is 339. The second kappa shape index (κ2) is 6.55. The minimum absolute atomic E-state index is 0.391. The molecule has 0 spiro atoms. The largest absolute Gasteiger partial charge is 0.307 e. The molecule has 1 aromatic rings. The molecule has 0 amide bonds. The molecule has 0 aromatic heterocycles. The van der Waals surface area contributed by atoms with Crippen molar-refractivity contribution < 1.29 is 0 Å². The molecule has 0 saturated heterocycles. The molecule has 0 saturated carbocycles. The molecule has 0 radical (unpaired) electrons. The maximum atomic E-state index is 3.74. The third-order valence-electron chi connectivity index (χ3n) is 3.23. The molecule has 1 nitrogen and oxygen atoms in total. The highest BCUT2D eigenvalue weighted by atomic mass is 79.9. The topological polar surface area (TPSA) is 12.0 Å².